The number of carbonyl (C=O) groups is 6. The Kier molecular flexibility index (Phi) is 25.7. The Labute approximate surface area is 299 Å². The van der Waals surface area contributed by atoms with E-state index < -0.39 is 35.8 Å². The van der Waals surface area contributed by atoms with Gasteiger partial charge in [0.25, 0.3) is 0 Å². The zero-order valence-corrected chi connectivity index (χ0v) is 28.4. The highest BCUT2D eigenvalue weighted by Gasteiger charge is 2.32. The molecular weight excluding hydrogens is 664 g/mol. The van der Waals surface area contributed by atoms with Crippen LogP contribution >= 0.6 is 0 Å². The van der Waals surface area contributed by atoms with Crippen molar-refractivity contribution in [3.05, 3.63) is 0 Å². The van der Waals surface area contributed by atoms with Gasteiger partial charge in [0.2, 0.25) is 0 Å². The van der Waals surface area contributed by atoms with Gasteiger partial charge in [-0.3, -0.25) is 0 Å². The van der Waals surface area contributed by atoms with E-state index in [4.69, 9.17) is 52.8 Å². The number of ether oxygens (including phenoxy) is 7. The highest BCUT2D eigenvalue weighted by molar-refractivity contribution is 5.89. The number of rotatable bonds is 14. The molecule has 0 atom stereocenters. The summed E-state index contributed by atoms with van der Waals surface area (Å²) in [5.41, 5.74) is 0. The molecule has 51 heavy (non-hydrogen) atoms. The summed E-state index contributed by atoms with van der Waals surface area (Å²) in [6, 6.07) is 0. The van der Waals surface area contributed by atoms with Crippen LogP contribution in [0.5, 0.6) is 0 Å². The molecule has 0 aromatic heterocycles. The van der Waals surface area contributed by atoms with Crippen molar-refractivity contribution < 1.29 is 61.9 Å². The first-order valence-corrected chi connectivity index (χ1v) is 16.0. The molecule has 2 aliphatic rings. The summed E-state index contributed by atoms with van der Waals surface area (Å²) in [6.45, 7) is 0.924. The van der Waals surface area contributed by atoms with E-state index in [1.165, 1.54) is 0 Å². The van der Waals surface area contributed by atoms with Crippen LogP contribution in [-0.4, -0.2) is 87.7 Å². The molecule has 0 bridgehead atoms. The smallest absolute Gasteiger partial charge is 0.384 e. The first kappa shape index (κ1) is 45.1. The number of terminal acetylenes is 6. The van der Waals surface area contributed by atoms with E-state index in [2.05, 4.69) is 18.9 Å². The van der Waals surface area contributed by atoms with Crippen molar-refractivity contribution in [1.82, 2.24) is 0 Å². The van der Waals surface area contributed by atoms with Crippen molar-refractivity contribution in [1.29, 1.82) is 0 Å². The molecule has 2 rings (SSSR count). The predicted molar refractivity (Wildman–Crippen MR) is 181 cm³/mol. The van der Waals surface area contributed by atoms with Gasteiger partial charge in [-0.2, -0.15) is 0 Å². The monoisotopic (exact) mass is 706 g/mol. The van der Waals surface area contributed by atoms with E-state index in [0.717, 1.165) is 51.4 Å². The number of esters is 6. The van der Waals surface area contributed by atoms with E-state index in [1.807, 2.05) is 23.7 Å². The van der Waals surface area contributed by atoms with E-state index >= 15 is 0 Å². The largest absolute Gasteiger partial charge is 0.456 e. The lowest BCUT2D eigenvalue weighted by Crippen LogP contribution is -2.31. The fourth-order valence-electron chi connectivity index (χ4n) is 4.92. The van der Waals surface area contributed by atoms with Crippen LogP contribution in [0, 0.1) is 85.9 Å². The van der Waals surface area contributed by atoms with Gasteiger partial charge in [-0.25, -0.2) is 28.8 Å². The molecule has 2 fully saturated rings. The number of carbonyl (C=O) groups excluding carboxylic acids is 6. The van der Waals surface area contributed by atoms with Gasteiger partial charge in [0.05, 0.1) is 26.4 Å². The second kappa shape index (κ2) is 29.1. The van der Waals surface area contributed by atoms with Crippen molar-refractivity contribution in [3.8, 4) is 74.1 Å². The van der Waals surface area contributed by atoms with Crippen LogP contribution in [0.2, 0.25) is 0 Å². The molecule has 0 unspecified atom stereocenters. The second-order valence-electron chi connectivity index (χ2n) is 10.6. The van der Waals surface area contributed by atoms with Crippen molar-refractivity contribution in [2.45, 2.75) is 76.4 Å². The van der Waals surface area contributed by atoms with Gasteiger partial charge in [-0.1, -0.05) is 0 Å². The minimum Gasteiger partial charge on any atom is -0.456 e. The number of hydrogen-bond donors (Lipinski definition) is 0. The van der Waals surface area contributed by atoms with Gasteiger partial charge in [0.15, 0.2) is 0 Å². The maximum Gasteiger partial charge on any atom is 0.384 e. The van der Waals surface area contributed by atoms with Crippen LogP contribution in [0.3, 0.4) is 0 Å². The summed E-state index contributed by atoms with van der Waals surface area (Å²) in [5.74, 6) is 8.55. The predicted octanol–water partition coefficient (Wildman–Crippen LogP) is 1.93. The fourth-order valence-corrected chi connectivity index (χ4v) is 4.92. The van der Waals surface area contributed by atoms with Crippen LogP contribution in [-0.2, 0) is 61.9 Å². The molecule has 0 aromatic carbocycles. The molecule has 0 aromatic rings. The third-order valence-corrected chi connectivity index (χ3v) is 7.29. The minimum atomic E-state index is -0.739. The first-order chi connectivity index (χ1) is 24.5. The van der Waals surface area contributed by atoms with Gasteiger partial charge in [-0.15, -0.1) is 38.5 Å². The van der Waals surface area contributed by atoms with Crippen molar-refractivity contribution >= 4 is 35.8 Å². The summed E-state index contributed by atoms with van der Waals surface area (Å²) in [5, 5.41) is 0. The van der Waals surface area contributed by atoms with Crippen LogP contribution in [0.4, 0.5) is 0 Å². The average Bonchev–Trinajstić information content (AvgIpc) is 3.16. The van der Waals surface area contributed by atoms with Crippen LogP contribution in [0.1, 0.15) is 64.2 Å². The Morgan fingerprint density at radius 1 is 0.392 bits per heavy atom. The van der Waals surface area contributed by atoms with Gasteiger partial charge >= 0.3 is 35.8 Å². The third-order valence-electron chi connectivity index (χ3n) is 7.29. The van der Waals surface area contributed by atoms with Crippen molar-refractivity contribution in [3.63, 3.8) is 0 Å². The molecule has 13 heteroatoms. The highest BCUT2D eigenvalue weighted by Crippen LogP contribution is 2.39. The van der Waals surface area contributed by atoms with E-state index in [-0.39, 0.29) is 51.8 Å². The molecule has 0 N–H and O–H groups in total. The third kappa shape index (κ3) is 24.0. The molecule has 0 radical (unpaired) electrons. The lowest BCUT2D eigenvalue weighted by molar-refractivity contribution is -0.146. The van der Waals surface area contributed by atoms with Crippen LogP contribution < -0.4 is 0 Å². The standard InChI is InChI=1S/C18H22O4.C10H10O5.C10H10O4/c1-3-17(19)21-15-9-5-13(6-10-15)14-7-11-16(12-8-14)22-18(20)4-2;1-3-9(11)14-7-5-13-6-8-15-10(12)4-2;1-3-9(11)13-7-5-6-8-14-10(12)4-2/h1-2,13-16H,5-12H2;1-2H,5-8H2;1-2H,5-8H2. The lowest BCUT2D eigenvalue weighted by atomic mass is 9.72. The minimum absolute atomic E-state index is 0.0206. The molecule has 0 saturated heterocycles. The summed E-state index contributed by atoms with van der Waals surface area (Å²) in [4.78, 5) is 63.9. The van der Waals surface area contributed by atoms with E-state index in [9.17, 15) is 28.8 Å². The van der Waals surface area contributed by atoms with Crippen molar-refractivity contribution in [2.75, 3.05) is 39.6 Å². The normalized spacial score (nSPS) is 18.2. The molecule has 2 aliphatic carbocycles. The Hall–Kier alpha value is -5.86. The maximum absolute atomic E-state index is 11.1. The second-order valence-corrected chi connectivity index (χ2v) is 10.6. The summed E-state index contributed by atoms with van der Waals surface area (Å²) in [7, 11) is 0. The molecule has 0 amide bonds. The average molecular weight is 707 g/mol. The number of hydrogen-bond acceptors (Lipinski definition) is 13. The zero-order valence-electron chi connectivity index (χ0n) is 28.4. The molecule has 13 nitrogen and oxygen atoms in total. The SMILES string of the molecule is C#CC(=O)OC1CCC(C2CCC(OC(=O)C#C)CC2)CC1.C#CC(=O)OCCCCOC(=O)C#C.C#CC(=O)OCCOCCOC(=O)C#C. The molecule has 0 aliphatic heterocycles. The maximum atomic E-state index is 11.1. The van der Waals surface area contributed by atoms with Gasteiger partial charge in [-0.05, 0) is 76.0 Å². The molecule has 0 heterocycles. The number of unbranched alkanes of at least 4 members (excludes halogenated alkanes) is 1. The fraction of sp³-hybridized carbons (Fsp3) is 0.526. The van der Waals surface area contributed by atoms with Crippen LogP contribution in [0.15, 0.2) is 0 Å². The van der Waals surface area contributed by atoms with Gasteiger partial charge < -0.3 is 33.2 Å². The summed E-state index contributed by atoms with van der Waals surface area (Å²) >= 11 is 0. The summed E-state index contributed by atoms with van der Waals surface area (Å²) < 4.78 is 33.5. The lowest BCUT2D eigenvalue weighted by Gasteiger charge is -2.37. The van der Waals surface area contributed by atoms with Gasteiger partial charge in [0.1, 0.15) is 25.4 Å². The molecule has 2 saturated carbocycles. The highest BCUT2D eigenvalue weighted by atomic mass is 16.6. The Balaban J connectivity index is 0.000000767. The molecule has 0 spiro atoms. The Bertz CT molecular complexity index is 1280. The quantitative estimate of drug-likeness (QED) is 0.0846. The topological polar surface area (TPSA) is 167 Å². The van der Waals surface area contributed by atoms with Crippen molar-refractivity contribution in [2.24, 2.45) is 11.8 Å². The zero-order chi connectivity index (χ0) is 38.3. The molecular formula is C38H42O13. The molecule has 272 valence electrons. The summed E-state index contributed by atoms with van der Waals surface area (Å²) in [6.07, 6.45) is 38.0. The Morgan fingerprint density at radius 2 is 0.667 bits per heavy atom. The van der Waals surface area contributed by atoms with E-state index in [1.54, 1.807) is 11.8 Å². The van der Waals surface area contributed by atoms with Crippen LogP contribution in [0.25, 0.3) is 0 Å². The van der Waals surface area contributed by atoms with Gasteiger partial charge in [0, 0.05) is 35.5 Å². The first-order valence-electron chi connectivity index (χ1n) is 16.0. The Morgan fingerprint density at radius 3 is 0.941 bits per heavy atom. The van der Waals surface area contributed by atoms with E-state index in [0.29, 0.717) is 24.7 Å².